The molecule has 0 aliphatic rings. The summed E-state index contributed by atoms with van der Waals surface area (Å²) in [5, 5.41) is 9.72. The lowest BCUT2D eigenvalue weighted by atomic mass is 10.2. The Labute approximate surface area is 187 Å². The van der Waals surface area contributed by atoms with Gasteiger partial charge in [-0.05, 0) is 42.1 Å². The second-order valence-electron chi connectivity index (χ2n) is 6.38. The molecule has 7 nitrogen and oxygen atoms in total. The van der Waals surface area contributed by atoms with Crippen LogP contribution in [0.2, 0.25) is 0 Å². The highest BCUT2D eigenvalue weighted by Gasteiger charge is 2.11. The molecule has 0 fully saturated rings. The van der Waals surface area contributed by atoms with Crippen molar-refractivity contribution in [2.75, 3.05) is 17.2 Å². The molecule has 2 heterocycles. The number of amides is 2. The predicted molar refractivity (Wildman–Crippen MR) is 123 cm³/mol. The van der Waals surface area contributed by atoms with Crippen molar-refractivity contribution in [1.82, 2.24) is 4.98 Å². The molecular formula is C22H21N3O4S2. The Balaban J connectivity index is 1.47. The molecule has 2 aromatic heterocycles. The van der Waals surface area contributed by atoms with E-state index in [0.717, 1.165) is 10.4 Å². The number of rotatable bonds is 9. The van der Waals surface area contributed by atoms with Gasteiger partial charge in [-0.15, -0.1) is 22.7 Å². The molecule has 0 aliphatic carbocycles. The van der Waals surface area contributed by atoms with Crippen molar-refractivity contribution in [3.8, 4) is 0 Å². The number of benzene rings is 1. The van der Waals surface area contributed by atoms with Crippen LogP contribution in [0.15, 0.2) is 53.2 Å². The van der Waals surface area contributed by atoms with Gasteiger partial charge in [-0.2, -0.15) is 0 Å². The van der Waals surface area contributed by atoms with Crippen molar-refractivity contribution in [3.63, 3.8) is 0 Å². The number of ether oxygens (including phenoxy) is 1. The largest absolute Gasteiger partial charge is 0.463 e. The fourth-order valence-corrected chi connectivity index (χ4v) is 4.01. The van der Waals surface area contributed by atoms with Crippen molar-refractivity contribution >= 4 is 57.4 Å². The maximum atomic E-state index is 12.3. The lowest BCUT2D eigenvalue weighted by Gasteiger charge is -2.04. The van der Waals surface area contributed by atoms with Crippen molar-refractivity contribution in [2.45, 2.75) is 19.8 Å². The number of thiophene rings is 1. The zero-order valence-electron chi connectivity index (χ0n) is 16.8. The predicted octanol–water partition coefficient (Wildman–Crippen LogP) is 4.14. The summed E-state index contributed by atoms with van der Waals surface area (Å²) in [6.07, 6.45) is 3.41. The Kier molecular flexibility index (Phi) is 8.08. The minimum atomic E-state index is -0.398. The van der Waals surface area contributed by atoms with Crippen molar-refractivity contribution in [3.05, 3.63) is 69.4 Å². The molecule has 0 radical (unpaired) electrons. The maximum Gasteiger partial charge on any atom is 0.330 e. The van der Waals surface area contributed by atoms with Crippen LogP contribution in [0.3, 0.4) is 0 Å². The number of nitrogens with one attached hydrogen (secondary N) is 2. The van der Waals surface area contributed by atoms with Gasteiger partial charge in [-0.3, -0.25) is 9.59 Å². The van der Waals surface area contributed by atoms with Crippen molar-refractivity contribution < 1.29 is 19.1 Å². The Hall–Kier alpha value is -3.30. The molecule has 0 saturated heterocycles. The van der Waals surface area contributed by atoms with E-state index in [0.29, 0.717) is 29.5 Å². The Bertz CT molecular complexity index is 1060. The minimum Gasteiger partial charge on any atom is -0.463 e. The molecule has 2 amide bonds. The van der Waals surface area contributed by atoms with Crippen molar-refractivity contribution in [1.29, 1.82) is 0 Å². The molecule has 0 atom stereocenters. The highest BCUT2D eigenvalue weighted by Crippen LogP contribution is 2.18. The number of anilines is 2. The van der Waals surface area contributed by atoms with E-state index in [1.165, 1.54) is 28.7 Å². The van der Waals surface area contributed by atoms with Gasteiger partial charge >= 0.3 is 5.97 Å². The third kappa shape index (κ3) is 7.47. The molecule has 0 spiro atoms. The number of hydrogen-bond acceptors (Lipinski definition) is 7. The number of carbonyl (C=O) groups excluding carboxylic acids is 3. The third-order valence-corrected chi connectivity index (χ3v) is 5.63. The normalized spacial score (nSPS) is 10.7. The Morgan fingerprint density at radius 1 is 1.03 bits per heavy atom. The Morgan fingerprint density at radius 2 is 1.81 bits per heavy atom. The zero-order valence-corrected chi connectivity index (χ0v) is 18.4. The highest BCUT2D eigenvalue weighted by atomic mass is 32.1. The van der Waals surface area contributed by atoms with Gasteiger partial charge in [0.2, 0.25) is 11.8 Å². The molecule has 1 aromatic carbocycles. The van der Waals surface area contributed by atoms with Crippen LogP contribution in [-0.2, 0) is 32.0 Å². The number of esters is 1. The van der Waals surface area contributed by atoms with Gasteiger partial charge in [0, 0.05) is 22.0 Å². The summed E-state index contributed by atoms with van der Waals surface area (Å²) >= 11 is 2.81. The van der Waals surface area contributed by atoms with Crippen molar-refractivity contribution in [2.24, 2.45) is 0 Å². The summed E-state index contributed by atoms with van der Waals surface area (Å²) in [5.74, 6) is -0.744. The molecule has 2 N–H and O–H groups in total. The van der Waals surface area contributed by atoms with Crippen LogP contribution < -0.4 is 10.6 Å². The molecule has 0 bridgehead atoms. The first-order valence-electron chi connectivity index (χ1n) is 9.53. The average molecular weight is 456 g/mol. The van der Waals surface area contributed by atoms with Gasteiger partial charge in [-0.1, -0.05) is 18.2 Å². The summed E-state index contributed by atoms with van der Waals surface area (Å²) in [6.45, 7) is 2.08. The molecule has 31 heavy (non-hydrogen) atoms. The van der Waals surface area contributed by atoms with Gasteiger partial charge in [0.05, 0.1) is 25.1 Å². The topological polar surface area (TPSA) is 97.4 Å². The van der Waals surface area contributed by atoms with Crippen LogP contribution in [0, 0.1) is 0 Å². The Morgan fingerprint density at radius 3 is 2.52 bits per heavy atom. The fourth-order valence-electron chi connectivity index (χ4n) is 2.58. The summed E-state index contributed by atoms with van der Waals surface area (Å²) in [7, 11) is 0. The van der Waals surface area contributed by atoms with Gasteiger partial charge < -0.3 is 15.4 Å². The SMILES string of the molecule is CCOC(=O)/C=C/c1ccc(NC(=O)Cc2csc(NC(=O)Cc3cccs3)n2)cc1. The number of aromatic nitrogens is 1. The van der Waals surface area contributed by atoms with Gasteiger partial charge in [-0.25, -0.2) is 9.78 Å². The number of carbonyl (C=O) groups is 3. The molecule has 0 saturated carbocycles. The second kappa shape index (κ2) is 11.2. The number of hydrogen-bond donors (Lipinski definition) is 2. The van der Waals surface area contributed by atoms with Crippen LogP contribution >= 0.6 is 22.7 Å². The van der Waals surface area contributed by atoms with E-state index >= 15 is 0 Å². The lowest BCUT2D eigenvalue weighted by Crippen LogP contribution is -2.15. The summed E-state index contributed by atoms with van der Waals surface area (Å²) in [5.41, 5.74) is 2.04. The summed E-state index contributed by atoms with van der Waals surface area (Å²) in [6, 6.07) is 10.9. The molecular weight excluding hydrogens is 434 g/mol. The van der Waals surface area contributed by atoms with E-state index < -0.39 is 5.97 Å². The van der Waals surface area contributed by atoms with E-state index in [9.17, 15) is 14.4 Å². The average Bonchev–Trinajstić information content (AvgIpc) is 3.40. The number of thiazole rings is 1. The fraction of sp³-hybridized carbons (Fsp3) is 0.182. The molecule has 3 aromatic rings. The van der Waals surface area contributed by atoms with E-state index in [-0.39, 0.29) is 18.2 Å². The standard InChI is InChI=1S/C22H21N3O4S2/c1-2-29-21(28)10-7-15-5-8-16(9-6-15)23-19(26)12-17-14-31-22(24-17)25-20(27)13-18-4-3-11-30-18/h3-11,14H,2,12-13H2,1H3,(H,23,26)(H,24,25,27)/b10-7+. The van der Waals surface area contributed by atoms with Gasteiger partial charge in [0.25, 0.3) is 0 Å². The first-order chi connectivity index (χ1) is 15.0. The van der Waals surface area contributed by atoms with Crippen LogP contribution in [0.5, 0.6) is 0 Å². The van der Waals surface area contributed by atoms with Crippen LogP contribution in [-0.4, -0.2) is 29.4 Å². The molecule has 160 valence electrons. The first kappa shape index (κ1) is 22.4. The zero-order chi connectivity index (χ0) is 22.1. The summed E-state index contributed by atoms with van der Waals surface area (Å²) in [4.78, 5) is 41.0. The highest BCUT2D eigenvalue weighted by molar-refractivity contribution is 7.14. The van der Waals surface area contributed by atoms with E-state index in [4.69, 9.17) is 4.74 Å². The van der Waals surface area contributed by atoms with Crippen LogP contribution in [0.4, 0.5) is 10.8 Å². The molecule has 0 unspecified atom stereocenters. The summed E-state index contributed by atoms with van der Waals surface area (Å²) < 4.78 is 4.83. The van der Waals surface area contributed by atoms with E-state index in [1.807, 2.05) is 17.5 Å². The van der Waals surface area contributed by atoms with Crippen LogP contribution in [0.1, 0.15) is 23.1 Å². The lowest BCUT2D eigenvalue weighted by molar-refractivity contribution is -0.137. The number of nitrogens with zero attached hydrogens (tertiary/aromatic N) is 1. The second-order valence-corrected chi connectivity index (χ2v) is 8.27. The molecule has 9 heteroatoms. The minimum absolute atomic E-state index is 0.0990. The van der Waals surface area contributed by atoms with Gasteiger partial charge in [0.1, 0.15) is 0 Å². The molecule has 0 aliphatic heterocycles. The maximum absolute atomic E-state index is 12.3. The third-order valence-electron chi connectivity index (χ3n) is 3.95. The van der Waals surface area contributed by atoms with Crippen LogP contribution in [0.25, 0.3) is 6.08 Å². The molecule has 3 rings (SSSR count). The first-order valence-corrected chi connectivity index (χ1v) is 11.3. The quantitative estimate of drug-likeness (QED) is 0.373. The van der Waals surface area contributed by atoms with Gasteiger partial charge in [0.15, 0.2) is 5.13 Å². The smallest absolute Gasteiger partial charge is 0.330 e. The van der Waals surface area contributed by atoms with E-state index in [1.54, 1.807) is 42.6 Å². The monoisotopic (exact) mass is 455 g/mol. The van der Waals surface area contributed by atoms with E-state index in [2.05, 4.69) is 15.6 Å².